The van der Waals surface area contributed by atoms with Gasteiger partial charge in [-0.25, -0.2) is 26.3 Å². The first-order valence-corrected chi connectivity index (χ1v) is 17.2. The van der Waals surface area contributed by atoms with Crippen LogP contribution < -0.4 is 9.44 Å². The van der Waals surface area contributed by atoms with Crippen LogP contribution in [0.3, 0.4) is 0 Å². The van der Waals surface area contributed by atoms with Gasteiger partial charge in [-0.3, -0.25) is 9.69 Å². The number of piperazine rings is 1. The Bertz CT molecular complexity index is 1370. The maximum atomic E-state index is 12.7. The lowest BCUT2D eigenvalue weighted by molar-refractivity contribution is -0.132. The molecule has 11 heteroatoms. The summed E-state index contributed by atoms with van der Waals surface area (Å²) in [4.78, 5) is 17.1. The minimum Gasteiger partial charge on any atom is -0.340 e. The predicted molar refractivity (Wildman–Crippen MR) is 163 cm³/mol. The molecule has 0 atom stereocenters. The molecule has 0 saturated carbocycles. The van der Waals surface area contributed by atoms with Crippen LogP contribution in [-0.2, 0) is 35.7 Å². The standard InChI is InChI=1S/C30H46N4O5S2/c1-29(2,3)24-8-12-26(13-9-24)40(36,37)31-17-7-19-33-20-22-34(23-21-33)28(35)16-18-32-41(38,39)27-14-10-25(11-15-27)30(4,5)6/h8-15,31-32H,7,16-23H2,1-6H3. The van der Waals surface area contributed by atoms with Gasteiger partial charge < -0.3 is 4.90 Å². The van der Waals surface area contributed by atoms with E-state index in [1.54, 1.807) is 29.2 Å². The first kappa shape index (κ1) is 33.2. The second kappa shape index (κ2) is 13.3. The van der Waals surface area contributed by atoms with Crippen LogP contribution >= 0.6 is 0 Å². The molecule has 0 unspecified atom stereocenters. The maximum absolute atomic E-state index is 12.7. The minimum absolute atomic E-state index is 0.0404. The molecule has 41 heavy (non-hydrogen) atoms. The second-order valence-corrected chi connectivity index (χ2v) is 16.2. The molecule has 1 aliphatic heterocycles. The third-order valence-electron chi connectivity index (χ3n) is 7.36. The third kappa shape index (κ3) is 9.61. The van der Waals surface area contributed by atoms with E-state index >= 15 is 0 Å². The molecule has 0 spiro atoms. The molecule has 2 aromatic rings. The van der Waals surface area contributed by atoms with Crippen molar-refractivity contribution in [3.05, 3.63) is 59.7 Å². The van der Waals surface area contributed by atoms with Crippen LogP contribution in [0.2, 0.25) is 0 Å². The van der Waals surface area contributed by atoms with E-state index in [4.69, 9.17) is 0 Å². The number of benzene rings is 2. The highest BCUT2D eigenvalue weighted by Gasteiger charge is 2.23. The van der Waals surface area contributed by atoms with Crippen molar-refractivity contribution in [3.8, 4) is 0 Å². The average Bonchev–Trinajstić information content (AvgIpc) is 2.90. The van der Waals surface area contributed by atoms with Crippen molar-refractivity contribution in [2.24, 2.45) is 0 Å². The van der Waals surface area contributed by atoms with Gasteiger partial charge in [-0.15, -0.1) is 0 Å². The van der Waals surface area contributed by atoms with Gasteiger partial charge >= 0.3 is 0 Å². The summed E-state index contributed by atoms with van der Waals surface area (Å²) < 4.78 is 55.7. The summed E-state index contributed by atoms with van der Waals surface area (Å²) in [5.74, 6) is -0.0827. The largest absolute Gasteiger partial charge is 0.340 e. The van der Waals surface area contributed by atoms with E-state index in [-0.39, 0.29) is 39.5 Å². The number of nitrogens with one attached hydrogen (secondary N) is 2. The molecule has 9 nitrogen and oxygen atoms in total. The highest BCUT2D eigenvalue weighted by Crippen LogP contribution is 2.24. The van der Waals surface area contributed by atoms with Crippen LogP contribution in [0.15, 0.2) is 58.3 Å². The first-order valence-electron chi connectivity index (χ1n) is 14.2. The van der Waals surface area contributed by atoms with Gasteiger partial charge in [-0.2, -0.15) is 0 Å². The Morgan fingerprint density at radius 2 is 1.10 bits per heavy atom. The van der Waals surface area contributed by atoms with Crippen molar-refractivity contribution < 1.29 is 21.6 Å². The average molecular weight is 607 g/mol. The van der Waals surface area contributed by atoms with Crippen molar-refractivity contribution in [2.75, 3.05) is 45.8 Å². The van der Waals surface area contributed by atoms with Crippen molar-refractivity contribution in [3.63, 3.8) is 0 Å². The van der Waals surface area contributed by atoms with Crippen LogP contribution in [0.25, 0.3) is 0 Å². The van der Waals surface area contributed by atoms with E-state index in [1.165, 1.54) is 0 Å². The fraction of sp³-hybridized carbons (Fsp3) is 0.567. The van der Waals surface area contributed by atoms with E-state index < -0.39 is 20.0 Å². The molecular formula is C30H46N4O5S2. The number of carbonyl (C=O) groups excluding carboxylic acids is 1. The number of nitrogens with zero attached hydrogens (tertiary/aromatic N) is 2. The van der Waals surface area contributed by atoms with Crippen molar-refractivity contribution in [1.82, 2.24) is 19.2 Å². The predicted octanol–water partition coefficient (Wildman–Crippen LogP) is 3.46. The van der Waals surface area contributed by atoms with Gasteiger partial charge in [0.1, 0.15) is 0 Å². The summed E-state index contributed by atoms with van der Waals surface area (Å²) in [6.07, 6.45) is 0.754. The maximum Gasteiger partial charge on any atom is 0.240 e. The number of hydrogen-bond donors (Lipinski definition) is 2. The molecule has 0 aromatic heterocycles. The van der Waals surface area contributed by atoms with Gasteiger partial charge in [0, 0.05) is 45.7 Å². The van der Waals surface area contributed by atoms with Crippen molar-refractivity contribution >= 4 is 26.0 Å². The quantitative estimate of drug-likeness (QED) is 0.379. The fourth-order valence-electron chi connectivity index (χ4n) is 4.62. The molecular weight excluding hydrogens is 560 g/mol. The van der Waals surface area contributed by atoms with E-state index in [2.05, 4.69) is 55.9 Å². The second-order valence-electron chi connectivity index (χ2n) is 12.7. The van der Waals surface area contributed by atoms with Crippen molar-refractivity contribution in [1.29, 1.82) is 0 Å². The van der Waals surface area contributed by atoms with Crippen LogP contribution in [0, 0.1) is 0 Å². The monoisotopic (exact) mass is 606 g/mol. The Balaban J connectivity index is 1.35. The molecule has 0 aliphatic carbocycles. The molecule has 1 amide bonds. The molecule has 1 saturated heterocycles. The summed E-state index contributed by atoms with van der Waals surface area (Å²) in [7, 11) is -7.25. The van der Waals surface area contributed by atoms with Gasteiger partial charge in [0.05, 0.1) is 9.79 Å². The Kier molecular flexibility index (Phi) is 10.8. The lowest BCUT2D eigenvalue weighted by atomic mass is 9.87. The zero-order valence-corrected chi connectivity index (χ0v) is 26.9. The van der Waals surface area contributed by atoms with Crippen LogP contribution in [0.4, 0.5) is 0 Å². The van der Waals surface area contributed by atoms with Gasteiger partial charge in [-0.05, 0) is 59.2 Å². The molecule has 0 bridgehead atoms. The molecule has 3 rings (SSSR count). The summed E-state index contributed by atoms with van der Waals surface area (Å²) >= 11 is 0. The van der Waals surface area contributed by atoms with E-state index in [0.717, 1.165) is 17.7 Å². The zero-order valence-electron chi connectivity index (χ0n) is 25.2. The zero-order chi connectivity index (χ0) is 30.5. The molecule has 2 N–H and O–H groups in total. The lowest BCUT2D eigenvalue weighted by Crippen LogP contribution is -2.49. The van der Waals surface area contributed by atoms with Gasteiger partial charge in [0.25, 0.3) is 0 Å². The van der Waals surface area contributed by atoms with Crippen LogP contribution in [0.1, 0.15) is 65.5 Å². The number of sulfonamides is 2. The van der Waals surface area contributed by atoms with E-state index in [0.29, 0.717) is 39.1 Å². The molecule has 2 aromatic carbocycles. The van der Waals surface area contributed by atoms with Gasteiger partial charge in [0.15, 0.2) is 0 Å². The summed E-state index contributed by atoms with van der Waals surface area (Å²) in [6, 6.07) is 13.8. The van der Waals surface area contributed by atoms with Crippen LogP contribution in [-0.4, -0.2) is 78.4 Å². The molecule has 1 heterocycles. The first-order chi connectivity index (χ1) is 19.0. The Morgan fingerprint density at radius 1 is 0.683 bits per heavy atom. The molecule has 1 fully saturated rings. The summed E-state index contributed by atoms with van der Waals surface area (Å²) in [6.45, 7) is 16.1. The van der Waals surface area contributed by atoms with Crippen LogP contribution in [0.5, 0.6) is 0 Å². The Morgan fingerprint density at radius 3 is 1.51 bits per heavy atom. The van der Waals surface area contributed by atoms with E-state index in [1.807, 2.05) is 24.3 Å². The summed E-state index contributed by atoms with van der Waals surface area (Å²) in [5.41, 5.74) is 2.02. The molecule has 228 valence electrons. The highest BCUT2D eigenvalue weighted by molar-refractivity contribution is 7.89. The number of carbonyl (C=O) groups is 1. The SMILES string of the molecule is CC(C)(C)c1ccc(S(=O)(=O)NCCCN2CCN(C(=O)CCNS(=O)(=O)c3ccc(C(C)(C)C)cc3)CC2)cc1. The molecule has 0 radical (unpaired) electrons. The molecule has 1 aliphatic rings. The van der Waals surface area contributed by atoms with Crippen molar-refractivity contribution in [2.45, 2.75) is 75.0 Å². The summed E-state index contributed by atoms with van der Waals surface area (Å²) in [5, 5.41) is 0. The topological polar surface area (TPSA) is 116 Å². The van der Waals surface area contributed by atoms with Gasteiger partial charge in [-0.1, -0.05) is 65.8 Å². The normalized spacial score (nSPS) is 15.7. The Hall–Kier alpha value is -2.31. The smallest absolute Gasteiger partial charge is 0.240 e. The third-order valence-corrected chi connectivity index (χ3v) is 10.3. The fourth-order valence-corrected chi connectivity index (χ4v) is 6.72. The lowest BCUT2D eigenvalue weighted by Gasteiger charge is -2.34. The minimum atomic E-state index is -3.68. The number of rotatable bonds is 11. The van der Waals surface area contributed by atoms with E-state index in [9.17, 15) is 21.6 Å². The number of hydrogen-bond acceptors (Lipinski definition) is 6. The highest BCUT2D eigenvalue weighted by atomic mass is 32.2. The number of amides is 1. The van der Waals surface area contributed by atoms with Gasteiger partial charge in [0.2, 0.25) is 26.0 Å². The Labute approximate surface area is 246 Å².